The first-order valence-corrected chi connectivity index (χ1v) is 8.98. The summed E-state index contributed by atoms with van der Waals surface area (Å²) in [6.45, 7) is 0. The van der Waals surface area contributed by atoms with Crippen LogP contribution in [0, 0.1) is 0 Å². The fraction of sp³-hybridized carbons (Fsp3) is 0.130. The van der Waals surface area contributed by atoms with Gasteiger partial charge in [0.1, 0.15) is 11.9 Å². The molecule has 0 unspecified atom stereocenters. The zero-order chi connectivity index (χ0) is 19.5. The SMILES string of the molecule is COc1cccc(NC(=O)c2ccc3c(c2)C[C@H](c2ccccc2)OC3=O)c1. The molecule has 5 nitrogen and oxygen atoms in total. The molecule has 1 aliphatic heterocycles. The van der Waals surface area contributed by atoms with Crippen LogP contribution in [0.5, 0.6) is 5.75 Å². The number of amides is 1. The van der Waals surface area contributed by atoms with E-state index < -0.39 is 0 Å². The molecule has 1 N–H and O–H groups in total. The standard InChI is InChI=1S/C23H19NO4/c1-27-19-9-5-8-18(14-19)24-22(25)16-10-11-20-17(12-16)13-21(28-23(20)26)15-6-3-2-4-7-15/h2-12,14,21H,13H2,1H3,(H,24,25)/t21-/m1/s1. The second-order valence-electron chi connectivity index (χ2n) is 6.57. The molecule has 1 aliphatic rings. The Hall–Kier alpha value is -3.60. The summed E-state index contributed by atoms with van der Waals surface area (Å²) in [4.78, 5) is 25.0. The van der Waals surface area contributed by atoms with Crippen molar-refractivity contribution in [1.29, 1.82) is 0 Å². The van der Waals surface area contributed by atoms with E-state index in [1.165, 1.54) is 0 Å². The van der Waals surface area contributed by atoms with E-state index in [1.807, 2.05) is 42.5 Å². The second-order valence-corrected chi connectivity index (χ2v) is 6.57. The molecule has 4 rings (SSSR count). The number of rotatable bonds is 4. The predicted octanol–water partition coefficient (Wildman–Crippen LogP) is 4.40. The van der Waals surface area contributed by atoms with E-state index in [1.54, 1.807) is 37.4 Å². The summed E-state index contributed by atoms with van der Waals surface area (Å²) in [6, 6.07) is 21.8. The molecule has 1 heterocycles. The lowest BCUT2D eigenvalue weighted by Crippen LogP contribution is -2.23. The average Bonchev–Trinajstić information content (AvgIpc) is 2.74. The molecule has 0 radical (unpaired) electrons. The first-order chi connectivity index (χ1) is 13.6. The Balaban J connectivity index is 1.57. The first kappa shape index (κ1) is 17.8. The summed E-state index contributed by atoms with van der Waals surface area (Å²) >= 11 is 0. The van der Waals surface area contributed by atoms with Gasteiger partial charge < -0.3 is 14.8 Å². The molecule has 3 aromatic rings. The summed E-state index contributed by atoms with van der Waals surface area (Å²) in [5.74, 6) is 0.0535. The Bertz CT molecular complexity index is 1030. The number of carbonyl (C=O) groups excluding carboxylic acids is 2. The van der Waals surface area contributed by atoms with Gasteiger partial charge >= 0.3 is 5.97 Å². The molecule has 3 aromatic carbocycles. The van der Waals surface area contributed by atoms with Crippen LogP contribution >= 0.6 is 0 Å². The Morgan fingerprint density at radius 2 is 1.86 bits per heavy atom. The van der Waals surface area contributed by atoms with E-state index in [4.69, 9.17) is 9.47 Å². The Kier molecular flexibility index (Phi) is 4.81. The van der Waals surface area contributed by atoms with Crippen molar-refractivity contribution in [2.24, 2.45) is 0 Å². The molecule has 0 aromatic heterocycles. The number of benzene rings is 3. The number of ether oxygens (including phenoxy) is 2. The van der Waals surface area contributed by atoms with E-state index in [9.17, 15) is 9.59 Å². The first-order valence-electron chi connectivity index (χ1n) is 8.98. The van der Waals surface area contributed by atoms with Crippen LogP contribution < -0.4 is 10.1 Å². The van der Waals surface area contributed by atoms with Crippen molar-refractivity contribution in [3.63, 3.8) is 0 Å². The number of carbonyl (C=O) groups is 2. The average molecular weight is 373 g/mol. The lowest BCUT2D eigenvalue weighted by Gasteiger charge is -2.25. The van der Waals surface area contributed by atoms with Gasteiger partial charge in [0.25, 0.3) is 5.91 Å². The van der Waals surface area contributed by atoms with Gasteiger partial charge in [-0.05, 0) is 41.5 Å². The quantitative estimate of drug-likeness (QED) is 0.689. The van der Waals surface area contributed by atoms with E-state index in [-0.39, 0.29) is 18.0 Å². The van der Waals surface area contributed by atoms with Crippen molar-refractivity contribution in [3.8, 4) is 5.75 Å². The molecule has 140 valence electrons. The Morgan fingerprint density at radius 3 is 2.64 bits per heavy atom. The van der Waals surface area contributed by atoms with Gasteiger partial charge in [0.2, 0.25) is 0 Å². The summed E-state index contributed by atoms with van der Waals surface area (Å²) < 4.78 is 10.7. The summed E-state index contributed by atoms with van der Waals surface area (Å²) in [7, 11) is 1.58. The summed E-state index contributed by atoms with van der Waals surface area (Å²) in [5, 5.41) is 2.86. The van der Waals surface area contributed by atoms with Crippen LogP contribution in [0.2, 0.25) is 0 Å². The number of fused-ring (bicyclic) bond motifs is 1. The molecule has 1 amide bonds. The maximum atomic E-state index is 12.7. The molecule has 1 atom stereocenters. The van der Waals surface area contributed by atoms with Crippen molar-refractivity contribution >= 4 is 17.6 Å². The number of hydrogen-bond donors (Lipinski definition) is 1. The predicted molar refractivity (Wildman–Crippen MR) is 106 cm³/mol. The van der Waals surface area contributed by atoms with Gasteiger partial charge in [-0.3, -0.25) is 4.79 Å². The molecule has 0 spiro atoms. The molecular formula is C23H19NO4. The van der Waals surface area contributed by atoms with Crippen LogP contribution in [0.4, 0.5) is 5.69 Å². The maximum Gasteiger partial charge on any atom is 0.339 e. The lowest BCUT2D eigenvalue weighted by molar-refractivity contribution is 0.0252. The van der Waals surface area contributed by atoms with Gasteiger partial charge in [0.15, 0.2) is 0 Å². The third kappa shape index (κ3) is 3.60. The van der Waals surface area contributed by atoms with Gasteiger partial charge in [0.05, 0.1) is 12.7 Å². The fourth-order valence-corrected chi connectivity index (χ4v) is 3.29. The van der Waals surface area contributed by atoms with E-state index in [0.29, 0.717) is 29.0 Å². The zero-order valence-corrected chi connectivity index (χ0v) is 15.3. The molecule has 0 saturated heterocycles. The number of anilines is 1. The van der Waals surface area contributed by atoms with Crippen LogP contribution in [0.15, 0.2) is 72.8 Å². The van der Waals surface area contributed by atoms with Crippen molar-refractivity contribution in [1.82, 2.24) is 0 Å². The fourth-order valence-electron chi connectivity index (χ4n) is 3.29. The van der Waals surface area contributed by atoms with E-state index in [2.05, 4.69) is 5.32 Å². The molecule has 0 fully saturated rings. The highest BCUT2D eigenvalue weighted by Gasteiger charge is 2.28. The van der Waals surface area contributed by atoms with E-state index in [0.717, 1.165) is 11.1 Å². The second kappa shape index (κ2) is 7.56. The van der Waals surface area contributed by atoms with Crippen LogP contribution in [-0.2, 0) is 11.2 Å². The van der Waals surface area contributed by atoms with E-state index >= 15 is 0 Å². The highest BCUT2D eigenvalue weighted by atomic mass is 16.5. The summed E-state index contributed by atoms with van der Waals surface area (Å²) in [5.41, 5.74) is 3.38. The molecule has 5 heteroatoms. The molecule has 28 heavy (non-hydrogen) atoms. The van der Waals surface area contributed by atoms with Crippen LogP contribution in [-0.4, -0.2) is 19.0 Å². The van der Waals surface area contributed by atoms with Crippen molar-refractivity contribution in [2.75, 3.05) is 12.4 Å². The topological polar surface area (TPSA) is 64.6 Å². The largest absolute Gasteiger partial charge is 0.497 e. The number of nitrogens with one attached hydrogen (secondary N) is 1. The number of cyclic esters (lactones) is 1. The molecule has 0 bridgehead atoms. The van der Waals surface area contributed by atoms with Gasteiger partial charge in [-0.2, -0.15) is 0 Å². The van der Waals surface area contributed by atoms with Crippen LogP contribution in [0.3, 0.4) is 0 Å². The Morgan fingerprint density at radius 1 is 1.04 bits per heavy atom. The van der Waals surface area contributed by atoms with Gasteiger partial charge in [-0.15, -0.1) is 0 Å². The van der Waals surface area contributed by atoms with Crippen molar-refractivity contribution in [3.05, 3.63) is 95.1 Å². The van der Waals surface area contributed by atoms with Crippen molar-refractivity contribution in [2.45, 2.75) is 12.5 Å². The smallest absolute Gasteiger partial charge is 0.339 e. The zero-order valence-electron chi connectivity index (χ0n) is 15.3. The molecule has 0 aliphatic carbocycles. The van der Waals surface area contributed by atoms with Gasteiger partial charge in [-0.1, -0.05) is 36.4 Å². The monoisotopic (exact) mass is 373 g/mol. The minimum absolute atomic E-state index is 0.244. The number of esters is 1. The number of methoxy groups -OCH3 is 1. The highest BCUT2D eigenvalue weighted by molar-refractivity contribution is 6.05. The third-order valence-electron chi connectivity index (χ3n) is 4.74. The third-order valence-corrected chi connectivity index (χ3v) is 4.74. The van der Waals surface area contributed by atoms with Crippen LogP contribution in [0.1, 0.15) is 37.9 Å². The number of hydrogen-bond acceptors (Lipinski definition) is 4. The van der Waals surface area contributed by atoms with Gasteiger partial charge in [-0.25, -0.2) is 4.79 Å². The molecular weight excluding hydrogens is 354 g/mol. The van der Waals surface area contributed by atoms with Gasteiger partial charge in [0, 0.05) is 23.7 Å². The minimum atomic E-state index is -0.366. The Labute approximate surface area is 162 Å². The minimum Gasteiger partial charge on any atom is -0.497 e. The lowest BCUT2D eigenvalue weighted by atomic mass is 9.93. The highest BCUT2D eigenvalue weighted by Crippen LogP contribution is 2.31. The van der Waals surface area contributed by atoms with Crippen LogP contribution in [0.25, 0.3) is 0 Å². The molecule has 0 saturated carbocycles. The maximum absolute atomic E-state index is 12.7. The summed E-state index contributed by atoms with van der Waals surface area (Å²) in [6.07, 6.45) is 0.184. The van der Waals surface area contributed by atoms with Crippen molar-refractivity contribution < 1.29 is 19.1 Å². The normalized spacial score (nSPS) is 15.3.